The van der Waals surface area contributed by atoms with Crippen LogP contribution < -0.4 is 5.32 Å². The highest BCUT2D eigenvalue weighted by Gasteiger charge is 2.25. The van der Waals surface area contributed by atoms with Crippen LogP contribution in [0.3, 0.4) is 0 Å². The van der Waals surface area contributed by atoms with E-state index in [2.05, 4.69) is 11.9 Å². The molecule has 0 saturated carbocycles. The lowest BCUT2D eigenvalue weighted by atomic mass is 10.2. The molecule has 3 amide bonds. The normalized spacial score (nSPS) is 19.6. The number of hydrogen-bond donors (Lipinski definition) is 1. The molecule has 13 heavy (non-hydrogen) atoms. The number of carbonyl (C=O) groups excluding carboxylic acids is 2. The SMILES string of the molecule is C=CCC(C)N1CCC(=O)NC1=O. The number of nitrogens with one attached hydrogen (secondary N) is 1. The van der Waals surface area contributed by atoms with Crippen LogP contribution in [0.4, 0.5) is 4.79 Å². The Morgan fingerprint density at radius 3 is 2.92 bits per heavy atom. The van der Waals surface area contributed by atoms with Gasteiger partial charge in [-0.05, 0) is 13.3 Å². The van der Waals surface area contributed by atoms with Crippen LogP contribution in [0.2, 0.25) is 0 Å². The quantitative estimate of drug-likeness (QED) is 0.659. The molecule has 1 rings (SSSR count). The van der Waals surface area contributed by atoms with E-state index in [0.717, 1.165) is 6.42 Å². The highest BCUT2D eigenvalue weighted by Crippen LogP contribution is 2.08. The molecule has 0 radical (unpaired) electrons. The van der Waals surface area contributed by atoms with Crippen molar-refractivity contribution in [3.63, 3.8) is 0 Å². The molecule has 1 unspecified atom stereocenters. The first-order valence-corrected chi connectivity index (χ1v) is 4.36. The molecular weight excluding hydrogens is 168 g/mol. The van der Waals surface area contributed by atoms with Gasteiger partial charge in [-0.2, -0.15) is 0 Å². The van der Waals surface area contributed by atoms with Crippen molar-refractivity contribution in [1.82, 2.24) is 10.2 Å². The van der Waals surface area contributed by atoms with E-state index in [9.17, 15) is 9.59 Å². The summed E-state index contributed by atoms with van der Waals surface area (Å²) in [4.78, 5) is 23.8. The first-order chi connectivity index (χ1) is 6.15. The average Bonchev–Trinajstić information content (AvgIpc) is 2.04. The van der Waals surface area contributed by atoms with E-state index in [1.165, 1.54) is 0 Å². The van der Waals surface area contributed by atoms with Crippen molar-refractivity contribution in [2.75, 3.05) is 6.54 Å². The van der Waals surface area contributed by atoms with Gasteiger partial charge in [-0.25, -0.2) is 4.79 Å². The Kier molecular flexibility index (Phi) is 3.06. The molecule has 1 heterocycles. The number of rotatable bonds is 3. The van der Waals surface area contributed by atoms with Crippen molar-refractivity contribution in [1.29, 1.82) is 0 Å². The summed E-state index contributed by atoms with van der Waals surface area (Å²) in [6.45, 7) is 6.07. The minimum Gasteiger partial charge on any atom is -0.321 e. The van der Waals surface area contributed by atoms with Crippen LogP contribution in [0.15, 0.2) is 12.7 Å². The third-order valence-corrected chi connectivity index (χ3v) is 2.13. The minimum atomic E-state index is -0.286. The maximum atomic E-state index is 11.3. The van der Waals surface area contributed by atoms with Gasteiger partial charge in [0.05, 0.1) is 0 Å². The average molecular weight is 182 g/mol. The van der Waals surface area contributed by atoms with Gasteiger partial charge in [-0.15, -0.1) is 6.58 Å². The Morgan fingerprint density at radius 2 is 2.38 bits per heavy atom. The van der Waals surface area contributed by atoms with E-state index >= 15 is 0 Å². The molecule has 0 aromatic carbocycles. The maximum absolute atomic E-state index is 11.3. The fourth-order valence-corrected chi connectivity index (χ4v) is 1.37. The fraction of sp³-hybridized carbons (Fsp3) is 0.556. The van der Waals surface area contributed by atoms with Gasteiger partial charge in [-0.1, -0.05) is 6.08 Å². The van der Waals surface area contributed by atoms with Crippen molar-refractivity contribution in [3.8, 4) is 0 Å². The highest BCUT2D eigenvalue weighted by atomic mass is 16.2. The molecule has 0 aromatic rings. The Balaban J connectivity index is 2.55. The summed E-state index contributed by atoms with van der Waals surface area (Å²) in [6.07, 6.45) is 2.92. The summed E-state index contributed by atoms with van der Waals surface area (Å²) >= 11 is 0. The van der Waals surface area contributed by atoms with Crippen molar-refractivity contribution in [2.24, 2.45) is 0 Å². The second-order valence-corrected chi connectivity index (χ2v) is 3.17. The lowest BCUT2D eigenvalue weighted by Crippen LogP contribution is -2.52. The lowest BCUT2D eigenvalue weighted by molar-refractivity contribution is -0.121. The van der Waals surface area contributed by atoms with Crippen LogP contribution in [0.25, 0.3) is 0 Å². The Labute approximate surface area is 77.6 Å². The second-order valence-electron chi connectivity index (χ2n) is 3.17. The van der Waals surface area contributed by atoms with Crippen molar-refractivity contribution in [3.05, 3.63) is 12.7 Å². The van der Waals surface area contributed by atoms with Crippen molar-refractivity contribution in [2.45, 2.75) is 25.8 Å². The van der Waals surface area contributed by atoms with Crippen LogP contribution in [0.5, 0.6) is 0 Å². The molecule has 1 N–H and O–H groups in total. The minimum absolute atomic E-state index is 0.116. The Bertz CT molecular complexity index is 238. The lowest BCUT2D eigenvalue weighted by Gasteiger charge is -2.31. The number of amides is 3. The Morgan fingerprint density at radius 1 is 1.69 bits per heavy atom. The zero-order valence-electron chi connectivity index (χ0n) is 7.75. The monoisotopic (exact) mass is 182 g/mol. The first kappa shape index (κ1) is 9.77. The van der Waals surface area contributed by atoms with Gasteiger partial charge in [0.2, 0.25) is 5.91 Å². The Hall–Kier alpha value is -1.32. The fourth-order valence-electron chi connectivity index (χ4n) is 1.37. The van der Waals surface area contributed by atoms with E-state index < -0.39 is 0 Å². The van der Waals surface area contributed by atoms with Gasteiger partial charge in [0.25, 0.3) is 0 Å². The number of urea groups is 1. The molecule has 1 atom stereocenters. The van der Waals surface area contributed by atoms with E-state index in [-0.39, 0.29) is 18.0 Å². The third kappa shape index (κ3) is 2.31. The topological polar surface area (TPSA) is 49.4 Å². The largest absolute Gasteiger partial charge is 0.324 e. The van der Waals surface area contributed by atoms with E-state index in [1.54, 1.807) is 11.0 Å². The predicted molar refractivity (Wildman–Crippen MR) is 49.1 cm³/mol. The number of imide groups is 1. The highest BCUT2D eigenvalue weighted by molar-refractivity contribution is 5.96. The molecule has 0 bridgehead atoms. The summed E-state index contributed by atoms with van der Waals surface area (Å²) in [7, 11) is 0. The molecule has 1 fully saturated rings. The number of carbonyl (C=O) groups is 2. The summed E-state index contributed by atoms with van der Waals surface area (Å²) in [6, 6.07) is -0.170. The summed E-state index contributed by atoms with van der Waals surface area (Å²) in [5, 5.41) is 2.28. The van der Waals surface area contributed by atoms with Gasteiger partial charge in [0.15, 0.2) is 0 Å². The summed E-state index contributed by atoms with van der Waals surface area (Å²) < 4.78 is 0. The van der Waals surface area contributed by atoms with Crippen LogP contribution in [-0.2, 0) is 4.79 Å². The van der Waals surface area contributed by atoms with Crippen molar-refractivity contribution < 1.29 is 9.59 Å². The van der Waals surface area contributed by atoms with Gasteiger partial charge >= 0.3 is 6.03 Å². The van der Waals surface area contributed by atoms with E-state index in [1.807, 2.05) is 6.92 Å². The first-order valence-electron chi connectivity index (χ1n) is 4.36. The molecule has 0 aromatic heterocycles. The second kappa shape index (κ2) is 4.07. The molecule has 1 saturated heterocycles. The van der Waals surface area contributed by atoms with Crippen LogP contribution in [0, 0.1) is 0 Å². The van der Waals surface area contributed by atoms with E-state index in [4.69, 9.17) is 0 Å². The molecular formula is C9H14N2O2. The molecule has 1 aliphatic rings. The summed E-state index contributed by atoms with van der Waals surface area (Å²) in [5.41, 5.74) is 0. The van der Waals surface area contributed by atoms with E-state index in [0.29, 0.717) is 13.0 Å². The zero-order chi connectivity index (χ0) is 9.84. The third-order valence-electron chi connectivity index (χ3n) is 2.13. The van der Waals surface area contributed by atoms with Gasteiger partial charge in [0, 0.05) is 19.0 Å². The van der Waals surface area contributed by atoms with Crippen LogP contribution in [0.1, 0.15) is 19.8 Å². The molecule has 0 spiro atoms. The van der Waals surface area contributed by atoms with Gasteiger partial charge < -0.3 is 4.90 Å². The molecule has 72 valence electrons. The van der Waals surface area contributed by atoms with Crippen LogP contribution >= 0.6 is 0 Å². The van der Waals surface area contributed by atoms with Crippen molar-refractivity contribution >= 4 is 11.9 Å². The molecule has 1 aliphatic heterocycles. The smallest absolute Gasteiger partial charge is 0.321 e. The molecule has 4 nitrogen and oxygen atoms in total. The molecule has 0 aliphatic carbocycles. The van der Waals surface area contributed by atoms with Gasteiger partial charge in [0.1, 0.15) is 0 Å². The van der Waals surface area contributed by atoms with Gasteiger partial charge in [-0.3, -0.25) is 10.1 Å². The maximum Gasteiger partial charge on any atom is 0.324 e. The van der Waals surface area contributed by atoms with Crippen LogP contribution in [-0.4, -0.2) is 29.4 Å². The number of hydrogen-bond acceptors (Lipinski definition) is 2. The zero-order valence-corrected chi connectivity index (χ0v) is 7.75. The number of nitrogens with zero attached hydrogens (tertiary/aromatic N) is 1. The standard InChI is InChI=1S/C9H14N2O2/c1-3-4-7(2)11-6-5-8(12)10-9(11)13/h3,7H,1,4-6H2,2H3,(H,10,12,13). The summed E-state index contributed by atoms with van der Waals surface area (Å²) in [5.74, 6) is -0.188. The molecule has 4 heteroatoms. The predicted octanol–water partition coefficient (Wildman–Crippen LogP) is 0.893.